The molecule has 0 saturated carbocycles. The van der Waals surface area contributed by atoms with Crippen molar-refractivity contribution in [1.82, 2.24) is 9.97 Å². The third kappa shape index (κ3) is 4.94. The highest BCUT2D eigenvalue weighted by Gasteiger charge is 2.08. The third-order valence-corrected chi connectivity index (χ3v) is 4.58. The van der Waals surface area contributed by atoms with Crippen molar-refractivity contribution in [2.45, 2.75) is 0 Å². The molecule has 0 radical (unpaired) electrons. The highest BCUT2D eigenvalue weighted by molar-refractivity contribution is 7.12. The molecular formula is C21H14FN3O3S. The Morgan fingerprint density at radius 1 is 0.931 bits per heavy atom. The highest BCUT2D eigenvalue weighted by Crippen LogP contribution is 2.24. The first kappa shape index (κ1) is 18.6. The Bertz CT molecular complexity index is 1100. The van der Waals surface area contributed by atoms with Gasteiger partial charge in [0.1, 0.15) is 17.3 Å². The van der Waals surface area contributed by atoms with Crippen LogP contribution in [0.1, 0.15) is 9.67 Å². The summed E-state index contributed by atoms with van der Waals surface area (Å²) in [5, 5.41) is 4.66. The van der Waals surface area contributed by atoms with E-state index < -0.39 is 0 Å². The average molecular weight is 407 g/mol. The van der Waals surface area contributed by atoms with Gasteiger partial charge in [0.05, 0.1) is 4.88 Å². The summed E-state index contributed by atoms with van der Waals surface area (Å²) >= 11 is 1.37. The van der Waals surface area contributed by atoms with Crippen LogP contribution in [0.4, 0.5) is 10.1 Å². The maximum absolute atomic E-state index is 13.0. The lowest BCUT2D eigenvalue weighted by Crippen LogP contribution is -2.09. The van der Waals surface area contributed by atoms with E-state index in [1.54, 1.807) is 36.4 Å². The summed E-state index contributed by atoms with van der Waals surface area (Å²) in [5.41, 5.74) is 0.644. The summed E-state index contributed by atoms with van der Waals surface area (Å²) in [4.78, 5) is 20.9. The van der Waals surface area contributed by atoms with Crippen LogP contribution in [-0.4, -0.2) is 15.9 Å². The van der Waals surface area contributed by atoms with Crippen LogP contribution in [-0.2, 0) is 0 Å². The molecule has 2 heterocycles. The Balaban J connectivity index is 1.40. The number of hydrogen-bond acceptors (Lipinski definition) is 6. The monoisotopic (exact) mass is 407 g/mol. The van der Waals surface area contributed by atoms with Crippen LogP contribution >= 0.6 is 11.3 Å². The molecular weight excluding hydrogens is 393 g/mol. The lowest BCUT2D eigenvalue weighted by atomic mass is 10.3. The maximum atomic E-state index is 13.0. The zero-order valence-electron chi connectivity index (χ0n) is 14.9. The number of halogens is 1. The predicted octanol–water partition coefficient (Wildman–Crippen LogP) is 5.51. The lowest BCUT2D eigenvalue weighted by molar-refractivity contribution is 0.103. The van der Waals surface area contributed by atoms with E-state index in [9.17, 15) is 9.18 Å². The van der Waals surface area contributed by atoms with Crippen molar-refractivity contribution in [2.75, 3.05) is 5.32 Å². The zero-order valence-corrected chi connectivity index (χ0v) is 15.7. The number of amides is 1. The summed E-state index contributed by atoms with van der Waals surface area (Å²) in [6, 6.07) is 17.7. The van der Waals surface area contributed by atoms with E-state index >= 15 is 0 Å². The number of nitrogens with zero attached hydrogens (tertiary/aromatic N) is 2. The molecule has 4 rings (SSSR count). The van der Waals surface area contributed by atoms with Gasteiger partial charge in [-0.25, -0.2) is 9.37 Å². The molecule has 2 aromatic heterocycles. The van der Waals surface area contributed by atoms with Gasteiger partial charge >= 0.3 is 6.01 Å². The quantitative estimate of drug-likeness (QED) is 0.456. The van der Waals surface area contributed by atoms with Crippen LogP contribution in [0.5, 0.6) is 23.4 Å². The van der Waals surface area contributed by atoms with Gasteiger partial charge in [0, 0.05) is 18.0 Å². The lowest BCUT2D eigenvalue weighted by Gasteiger charge is -2.08. The molecule has 0 saturated heterocycles. The molecule has 0 aliphatic heterocycles. The number of carbonyl (C=O) groups is 1. The largest absolute Gasteiger partial charge is 0.439 e. The first-order chi connectivity index (χ1) is 14.2. The van der Waals surface area contributed by atoms with E-state index in [0.717, 1.165) is 0 Å². The second kappa shape index (κ2) is 8.49. The standard InChI is InChI=1S/C21H14FN3O3S/c22-14-3-7-16(8-4-14)27-19-11-12-23-21(25-19)28-17-9-5-15(6-10-17)24-20(26)18-2-1-13-29-18/h1-13H,(H,24,26). The van der Waals surface area contributed by atoms with Crippen LogP contribution in [0.2, 0.25) is 0 Å². The second-order valence-corrected chi connectivity index (χ2v) is 6.74. The minimum Gasteiger partial charge on any atom is -0.439 e. The Hall–Kier alpha value is -3.78. The first-order valence-corrected chi connectivity index (χ1v) is 9.43. The molecule has 0 fully saturated rings. The van der Waals surface area contributed by atoms with E-state index in [1.165, 1.54) is 41.8 Å². The third-order valence-electron chi connectivity index (χ3n) is 3.71. The number of rotatable bonds is 6. The smallest absolute Gasteiger partial charge is 0.325 e. The summed E-state index contributed by atoms with van der Waals surface area (Å²) < 4.78 is 24.2. The van der Waals surface area contributed by atoms with Crippen molar-refractivity contribution in [1.29, 1.82) is 0 Å². The molecule has 2 aromatic carbocycles. The second-order valence-electron chi connectivity index (χ2n) is 5.79. The van der Waals surface area contributed by atoms with Crippen LogP contribution in [0.15, 0.2) is 78.3 Å². The fourth-order valence-corrected chi connectivity index (χ4v) is 2.99. The molecule has 144 valence electrons. The Labute approximate surface area is 169 Å². The van der Waals surface area contributed by atoms with Crippen molar-refractivity contribution in [2.24, 2.45) is 0 Å². The van der Waals surface area contributed by atoms with Gasteiger partial charge in [-0.3, -0.25) is 4.79 Å². The van der Waals surface area contributed by atoms with Crippen molar-refractivity contribution in [3.8, 4) is 23.4 Å². The van der Waals surface area contributed by atoms with Crippen molar-refractivity contribution in [3.63, 3.8) is 0 Å². The fraction of sp³-hybridized carbons (Fsp3) is 0. The first-order valence-electron chi connectivity index (χ1n) is 8.55. The number of hydrogen-bond donors (Lipinski definition) is 1. The van der Waals surface area contributed by atoms with E-state index in [2.05, 4.69) is 15.3 Å². The van der Waals surface area contributed by atoms with Gasteiger partial charge < -0.3 is 14.8 Å². The molecule has 6 nitrogen and oxygen atoms in total. The zero-order chi connectivity index (χ0) is 20.1. The van der Waals surface area contributed by atoms with Gasteiger partial charge in [0.2, 0.25) is 5.88 Å². The van der Waals surface area contributed by atoms with E-state index in [1.807, 2.05) is 11.4 Å². The molecule has 8 heteroatoms. The van der Waals surface area contributed by atoms with E-state index in [4.69, 9.17) is 9.47 Å². The Kier molecular flexibility index (Phi) is 5.44. The van der Waals surface area contributed by atoms with Crippen LogP contribution in [0, 0.1) is 5.82 Å². The number of nitrogens with one attached hydrogen (secondary N) is 1. The van der Waals surface area contributed by atoms with Gasteiger partial charge in [-0.2, -0.15) is 4.98 Å². The van der Waals surface area contributed by atoms with Gasteiger partial charge in [-0.15, -0.1) is 11.3 Å². The van der Waals surface area contributed by atoms with E-state index in [0.29, 0.717) is 22.1 Å². The van der Waals surface area contributed by atoms with Crippen molar-refractivity contribution in [3.05, 3.63) is 89.0 Å². The van der Waals surface area contributed by atoms with Gasteiger partial charge in [-0.05, 0) is 60.0 Å². The molecule has 0 aliphatic rings. The Morgan fingerprint density at radius 3 is 2.38 bits per heavy atom. The van der Waals surface area contributed by atoms with Gasteiger partial charge in [0.25, 0.3) is 5.91 Å². The van der Waals surface area contributed by atoms with E-state index in [-0.39, 0.29) is 23.6 Å². The number of carbonyl (C=O) groups excluding carboxylic acids is 1. The Morgan fingerprint density at radius 2 is 1.66 bits per heavy atom. The molecule has 1 amide bonds. The summed E-state index contributed by atoms with van der Waals surface area (Å²) in [6.45, 7) is 0. The predicted molar refractivity (Wildman–Crippen MR) is 107 cm³/mol. The summed E-state index contributed by atoms with van der Waals surface area (Å²) in [5.74, 6) is 0.697. The molecule has 0 aliphatic carbocycles. The van der Waals surface area contributed by atoms with Crippen LogP contribution in [0.3, 0.4) is 0 Å². The number of aromatic nitrogens is 2. The van der Waals surface area contributed by atoms with Crippen molar-refractivity contribution < 1.29 is 18.7 Å². The molecule has 0 bridgehead atoms. The van der Waals surface area contributed by atoms with Gasteiger partial charge in [-0.1, -0.05) is 6.07 Å². The number of thiophene rings is 1. The fourth-order valence-electron chi connectivity index (χ4n) is 2.37. The van der Waals surface area contributed by atoms with Crippen LogP contribution < -0.4 is 14.8 Å². The van der Waals surface area contributed by atoms with Crippen molar-refractivity contribution >= 4 is 22.9 Å². The number of anilines is 1. The molecule has 0 spiro atoms. The molecule has 1 N–H and O–H groups in total. The molecule has 0 unspecified atom stereocenters. The summed E-state index contributed by atoms with van der Waals surface area (Å²) in [7, 11) is 0. The number of benzene rings is 2. The maximum Gasteiger partial charge on any atom is 0.325 e. The SMILES string of the molecule is O=C(Nc1ccc(Oc2nccc(Oc3ccc(F)cc3)n2)cc1)c1cccs1. The molecule has 4 aromatic rings. The molecule has 0 atom stereocenters. The normalized spacial score (nSPS) is 10.4. The van der Waals surface area contributed by atoms with Gasteiger partial charge in [0.15, 0.2) is 0 Å². The minimum absolute atomic E-state index is 0.0972. The summed E-state index contributed by atoms with van der Waals surface area (Å²) in [6.07, 6.45) is 1.50. The highest BCUT2D eigenvalue weighted by atomic mass is 32.1. The topological polar surface area (TPSA) is 73.3 Å². The molecule has 29 heavy (non-hydrogen) atoms. The average Bonchev–Trinajstić information content (AvgIpc) is 3.27. The minimum atomic E-state index is -0.348. The number of ether oxygens (including phenoxy) is 2. The van der Waals surface area contributed by atoms with Crippen LogP contribution in [0.25, 0.3) is 0 Å².